The zero-order valence-corrected chi connectivity index (χ0v) is 19.3. The van der Waals surface area contributed by atoms with Gasteiger partial charge in [0.1, 0.15) is 6.04 Å². The molecular weight excluding hydrogens is 430 g/mol. The Morgan fingerprint density at radius 1 is 0.971 bits per heavy atom. The number of benzene rings is 2. The third kappa shape index (κ3) is 4.83. The van der Waals surface area contributed by atoms with Gasteiger partial charge in [0.2, 0.25) is 11.8 Å². The first kappa shape index (κ1) is 22.6. The van der Waals surface area contributed by atoms with Crippen LogP contribution in [0.25, 0.3) is 0 Å². The fraction of sp³-hybridized carbons (Fsp3) is 0.423. The van der Waals surface area contributed by atoms with E-state index >= 15 is 0 Å². The first-order valence-corrected chi connectivity index (χ1v) is 12.1. The Hall–Kier alpha value is -3.23. The molecule has 3 N–H and O–H groups in total. The van der Waals surface area contributed by atoms with Crippen molar-refractivity contribution in [2.45, 2.75) is 38.4 Å². The Morgan fingerprint density at radius 2 is 1.74 bits per heavy atom. The number of hydrogen-bond donors (Lipinski definition) is 3. The highest BCUT2D eigenvalue weighted by Crippen LogP contribution is 2.28. The summed E-state index contributed by atoms with van der Waals surface area (Å²) in [5.74, 6) is -0.773. The standard InChI is InChI=1S/C26H31N5O3/c32-24-8-7-23(25(33)29-24)31-17-20-4-1-19(15-22(20)26(31)34)16-28-10-9-18-2-5-21(6-3-18)30-13-11-27-12-14-30/h1-6,15,23,27-28H,7-14,16-17H2,(H,29,32,33). The number of nitrogens with zero attached hydrogens (tertiary/aromatic N) is 2. The number of piperidine rings is 1. The van der Waals surface area contributed by atoms with Crippen LogP contribution in [0.3, 0.4) is 0 Å². The number of carbonyl (C=O) groups is 3. The van der Waals surface area contributed by atoms with Gasteiger partial charge in [0.15, 0.2) is 0 Å². The minimum atomic E-state index is -0.572. The average molecular weight is 462 g/mol. The highest BCUT2D eigenvalue weighted by atomic mass is 16.2. The van der Waals surface area contributed by atoms with Gasteiger partial charge in [0.05, 0.1) is 0 Å². The lowest BCUT2D eigenvalue weighted by molar-refractivity contribution is -0.136. The van der Waals surface area contributed by atoms with Crippen LogP contribution in [0.1, 0.15) is 39.9 Å². The molecule has 0 aliphatic carbocycles. The first-order chi connectivity index (χ1) is 16.6. The topological polar surface area (TPSA) is 93.8 Å². The summed E-state index contributed by atoms with van der Waals surface area (Å²) in [6.07, 6.45) is 1.59. The van der Waals surface area contributed by atoms with Crippen LogP contribution in [0.5, 0.6) is 0 Å². The second-order valence-electron chi connectivity index (χ2n) is 9.22. The van der Waals surface area contributed by atoms with Gasteiger partial charge < -0.3 is 20.4 Å². The molecule has 2 saturated heterocycles. The molecule has 3 heterocycles. The zero-order chi connectivity index (χ0) is 23.5. The van der Waals surface area contributed by atoms with Crippen LogP contribution in [-0.4, -0.2) is 61.4 Å². The van der Waals surface area contributed by atoms with Crippen molar-refractivity contribution in [3.8, 4) is 0 Å². The summed E-state index contributed by atoms with van der Waals surface area (Å²) in [5.41, 5.74) is 5.23. The fourth-order valence-electron chi connectivity index (χ4n) is 4.97. The maximum Gasteiger partial charge on any atom is 0.255 e. The number of piperazine rings is 1. The Balaban J connectivity index is 1.12. The van der Waals surface area contributed by atoms with E-state index in [-0.39, 0.29) is 24.1 Å². The van der Waals surface area contributed by atoms with Gasteiger partial charge in [0.25, 0.3) is 5.91 Å². The lowest BCUT2D eigenvalue weighted by Crippen LogP contribution is -2.52. The van der Waals surface area contributed by atoms with Crippen LogP contribution in [0.4, 0.5) is 5.69 Å². The van der Waals surface area contributed by atoms with Gasteiger partial charge in [-0.1, -0.05) is 24.3 Å². The third-order valence-corrected chi connectivity index (χ3v) is 6.93. The van der Waals surface area contributed by atoms with Gasteiger partial charge >= 0.3 is 0 Å². The molecule has 34 heavy (non-hydrogen) atoms. The number of fused-ring (bicyclic) bond motifs is 1. The molecule has 3 aliphatic rings. The highest BCUT2D eigenvalue weighted by molar-refractivity contribution is 6.05. The largest absolute Gasteiger partial charge is 0.369 e. The first-order valence-electron chi connectivity index (χ1n) is 12.1. The SMILES string of the molecule is O=C1CCC(N2Cc3ccc(CNCCc4ccc(N5CCNCC5)cc4)cc3C2=O)C(=O)N1. The molecule has 0 radical (unpaired) electrons. The van der Waals surface area contributed by atoms with Crippen LogP contribution in [0, 0.1) is 0 Å². The predicted molar refractivity (Wildman–Crippen MR) is 129 cm³/mol. The summed E-state index contributed by atoms with van der Waals surface area (Å²) >= 11 is 0. The molecular formula is C26H31N5O3. The van der Waals surface area contributed by atoms with Crippen molar-refractivity contribution in [3.05, 3.63) is 64.7 Å². The van der Waals surface area contributed by atoms with Crippen molar-refractivity contribution < 1.29 is 14.4 Å². The van der Waals surface area contributed by atoms with Crippen molar-refractivity contribution in [3.63, 3.8) is 0 Å². The van der Waals surface area contributed by atoms with Crippen LogP contribution < -0.4 is 20.9 Å². The Labute approximate surface area is 199 Å². The van der Waals surface area contributed by atoms with Gasteiger partial charge in [0, 0.05) is 56.9 Å². The lowest BCUT2D eigenvalue weighted by Gasteiger charge is -2.29. The third-order valence-electron chi connectivity index (χ3n) is 6.93. The summed E-state index contributed by atoms with van der Waals surface area (Å²) < 4.78 is 0. The Kier molecular flexibility index (Phi) is 6.60. The van der Waals surface area contributed by atoms with E-state index in [9.17, 15) is 14.4 Å². The van der Waals surface area contributed by atoms with E-state index in [1.54, 1.807) is 4.90 Å². The van der Waals surface area contributed by atoms with Gasteiger partial charge in [-0.25, -0.2) is 0 Å². The van der Waals surface area contributed by atoms with E-state index in [0.717, 1.165) is 50.3 Å². The summed E-state index contributed by atoms with van der Waals surface area (Å²) in [6.45, 7) is 6.12. The summed E-state index contributed by atoms with van der Waals surface area (Å²) in [5, 5.41) is 9.20. The summed E-state index contributed by atoms with van der Waals surface area (Å²) in [7, 11) is 0. The number of imide groups is 1. The van der Waals surface area contributed by atoms with Gasteiger partial charge in [-0.2, -0.15) is 0 Å². The molecule has 3 aliphatic heterocycles. The van der Waals surface area contributed by atoms with Crippen LogP contribution >= 0.6 is 0 Å². The molecule has 1 unspecified atom stereocenters. The van der Waals surface area contributed by atoms with E-state index in [1.165, 1.54) is 11.3 Å². The Morgan fingerprint density at radius 3 is 2.50 bits per heavy atom. The molecule has 178 valence electrons. The molecule has 2 fully saturated rings. The molecule has 0 spiro atoms. The van der Waals surface area contributed by atoms with E-state index in [0.29, 0.717) is 25.1 Å². The molecule has 0 aromatic heterocycles. The summed E-state index contributed by atoms with van der Waals surface area (Å²) in [4.78, 5) is 40.6. The van der Waals surface area contributed by atoms with Crippen LogP contribution in [0.15, 0.2) is 42.5 Å². The zero-order valence-electron chi connectivity index (χ0n) is 19.3. The molecule has 1 atom stereocenters. The van der Waals surface area contributed by atoms with Crippen molar-refractivity contribution in [2.24, 2.45) is 0 Å². The molecule has 8 heteroatoms. The maximum atomic E-state index is 13.0. The van der Waals surface area contributed by atoms with E-state index in [4.69, 9.17) is 0 Å². The normalized spacial score (nSPS) is 20.5. The number of nitrogens with one attached hydrogen (secondary N) is 3. The number of rotatable bonds is 7. The average Bonchev–Trinajstić information content (AvgIpc) is 3.18. The number of anilines is 1. The van der Waals surface area contributed by atoms with Crippen molar-refractivity contribution in [1.82, 2.24) is 20.9 Å². The predicted octanol–water partition coefficient (Wildman–Crippen LogP) is 1.19. The molecule has 3 amide bonds. The molecule has 2 aromatic rings. The van der Waals surface area contributed by atoms with Crippen LogP contribution in [-0.2, 0) is 29.1 Å². The van der Waals surface area contributed by atoms with Crippen molar-refractivity contribution in [2.75, 3.05) is 37.6 Å². The van der Waals surface area contributed by atoms with Gasteiger partial charge in [-0.3, -0.25) is 19.7 Å². The monoisotopic (exact) mass is 461 g/mol. The maximum absolute atomic E-state index is 13.0. The van der Waals surface area contributed by atoms with E-state index < -0.39 is 6.04 Å². The minimum absolute atomic E-state index is 0.129. The van der Waals surface area contributed by atoms with Crippen molar-refractivity contribution in [1.29, 1.82) is 0 Å². The van der Waals surface area contributed by atoms with Gasteiger partial charge in [-0.15, -0.1) is 0 Å². The second-order valence-corrected chi connectivity index (χ2v) is 9.22. The smallest absolute Gasteiger partial charge is 0.255 e. The van der Waals surface area contributed by atoms with E-state index in [2.05, 4.69) is 45.1 Å². The van der Waals surface area contributed by atoms with E-state index in [1.807, 2.05) is 18.2 Å². The molecule has 0 saturated carbocycles. The quantitative estimate of drug-likeness (QED) is 0.424. The summed E-state index contributed by atoms with van der Waals surface area (Å²) in [6, 6.07) is 14.2. The van der Waals surface area contributed by atoms with Crippen molar-refractivity contribution >= 4 is 23.4 Å². The second kappa shape index (κ2) is 9.95. The van der Waals surface area contributed by atoms with Gasteiger partial charge in [-0.05, 0) is 54.3 Å². The highest BCUT2D eigenvalue weighted by Gasteiger charge is 2.39. The Bertz CT molecular complexity index is 1080. The fourth-order valence-corrected chi connectivity index (χ4v) is 4.97. The molecule has 8 nitrogen and oxygen atoms in total. The minimum Gasteiger partial charge on any atom is -0.369 e. The lowest BCUT2D eigenvalue weighted by atomic mass is 10.0. The van der Waals surface area contributed by atoms with Crippen LogP contribution in [0.2, 0.25) is 0 Å². The molecule has 2 aromatic carbocycles. The molecule has 0 bridgehead atoms. The number of hydrogen-bond acceptors (Lipinski definition) is 6. The number of carbonyl (C=O) groups excluding carboxylic acids is 3. The molecule has 5 rings (SSSR count). The number of amides is 3.